The molecule has 2 aromatic carbocycles. The maximum absolute atomic E-state index is 13.4. The second kappa shape index (κ2) is 10.6. The Morgan fingerprint density at radius 2 is 1.74 bits per heavy atom. The topological polar surface area (TPSA) is 40.2 Å². The molecule has 11 heteroatoms. The fraction of sp³-hybridized carbons (Fsp3) is 0.429. The fourth-order valence-corrected chi connectivity index (χ4v) is 6.34. The summed E-state index contributed by atoms with van der Waals surface area (Å²) in [5.41, 5.74) is -1.48. The van der Waals surface area contributed by atoms with Crippen LogP contribution in [0, 0.1) is 11.8 Å². The Hall–Kier alpha value is -2.92. The number of anilines is 1. The molecule has 208 valence electrons. The molecule has 4 nitrogen and oxygen atoms in total. The van der Waals surface area contributed by atoms with Gasteiger partial charge in [-0.15, -0.1) is 0 Å². The van der Waals surface area contributed by atoms with Crippen LogP contribution in [-0.2, 0) is 12.4 Å². The van der Waals surface area contributed by atoms with Crippen LogP contribution < -0.4 is 10.6 Å². The highest BCUT2D eigenvalue weighted by molar-refractivity contribution is 7.80. The third-order valence-corrected chi connectivity index (χ3v) is 8.22. The van der Waals surface area contributed by atoms with Gasteiger partial charge < -0.3 is 10.6 Å². The summed E-state index contributed by atoms with van der Waals surface area (Å²) in [6.45, 7) is 4.06. The number of hydrogen-bond acceptors (Lipinski definition) is 3. The van der Waals surface area contributed by atoms with Crippen LogP contribution >= 0.6 is 12.2 Å². The minimum atomic E-state index is -4.95. The molecular formula is C28H28F6N4S. The smallest absolute Gasteiger partial charge is 0.354 e. The van der Waals surface area contributed by atoms with Crippen LogP contribution in [0.25, 0.3) is 10.9 Å². The number of halogens is 6. The average Bonchev–Trinajstić information content (AvgIpc) is 2.90. The zero-order chi connectivity index (χ0) is 27.9. The Kier molecular flexibility index (Phi) is 7.49. The van der Waals surface area contributed by atoms with Crippen molar-refractivity contribution in [3.8, 4) is 0 Å². The normalized spacial score (nSPS) is 24.0. The van der Waals surface area contributed by atoms with E-state index in [4.69, 9.17) is 12.2 Å². The number of pyridine rings is 1. The molecule has 3 aromatic rings. The fourth-order valence-electron chi connectivity index (χ4n) is 6.09. The molecule has 0 aliphatic carbocycles. The molecule has 2 N–H and O–H groups in total. The van der Waals surface area contributed by atoms with Gasteiger partial charge in [0, 0.05) is 29.9 Å². The van der Waals surface area contributed by atoms with Crippen molar-refractivity contribution >= 4 is 33.9 Å². The van der Waals surface area contributed by atoms with Crippen molar-refractivity contribution < 1.29 is 26.3 Å². The van der Waals surface area contributed by atoms with Crippen LogP contribution in [0.3, 0.4) is 0 Å². The number of rotatable bonds is 5. The summed E-state index contributed by atoms with van der Waals surface area (Å²) in [6, 6.07) is 10.6. The number of benzene rings is 2. The standard InChI is InChI=1S/C28H28F6N4S/c1-2-16-15-38-10-8-17(16)11-24(38)25(22-7-9-35-23-6-4-3-5-21(22)23)37-26(39)36-20-13-18(27(29,30)31)12-19(14-20)28(32,33)34/h3-7,9,12-14,16-17,24-25H,2,8,10-11,15H2,1H3,(H2,36,37,39)/t16-,17-,24-,25+/m0/s1. The van der Waals surface area contributed by atoms with Crippen molar-refractivity contribution in [3.05, 3.63) is 71.4 Å². The molecule has 0 radical (unpaired) electrons. The minimum absolute atomic E-state index is 0.0457. The number of thiocarbonyl (C=S) groups is 1. The van der Waals surface area contributed by atoms with E-state index in [0.29, 0.717) is 24.0 Å². The Morgan fingerprint density at radius 3 is 2.36 bits per heavy atom. The highest BCUT2D eigenvalue weighted by Gasteiger charge is 2.43. The van der Waals surface area contributed by atoms with E-state index in [-0.39, 0.29) is 28.9 Å². The van der Waals surface area contributed by atoms with Crippen molar-refractivity contribution in [3.63, 3.8) is 0 Å². The van der Waals surface area contributed by atoms with Gasteiger partial charge in [0.1, 0.15) is 0 Å². The quantitative estimate of drug-likeness (QED) is 0.249. The lowest BCUT2D eigenvalue weighted by molar-refractivity contribution is -0.143. The van der Waals surface area contributed by atoms with E-state index in [1.54, 1.807) is 6.20 Å². The summed E-state index contributed by atoms with van der Waals surface area (Å²) in [5, 5.41) is 6.73. The van der Waals surface area contributed by atoms with E-state index in [1.807, 2.05) is 30.3 Å². The number of nitrogens with one attached hydrogen (secondary N) is 2. The molecule has 1 unspecified atom stereocenters. The first kappa shape index (κ1) is 27.6. The van der Waals surface area contributed by atoms with Crippen molar-refractivity contribution in [1.29, 1.82) is 0 Å². The van der Waals surface area contributed by atoms with Crippen molar-refractivity contribution in [2.24, 2.45) is 11.8 Å². The highest BCUT2D eigenvalue weighted by Crippen LogP contribution is 2.43. The third-order valence-electron chi connectivity index (χ3n) is 8.00. The predicted octanol–water partition coefficient (Wildman–Crippen LogP) is 7.42. The maximum atomic E-state index is 13.4. The van der Waals surface area contributed by atoms with Crippen LogP contribution in [0.4, 0.5) is 32.0 Å². The van der Waals surface area contributed by atoms with Crippen LogP contribution in [0.5, 0.6) is 0 Å². The summed E-state index contributed by atoms with van der Waals surface area (Å²) >= 11 is 5.49. The van der Waals surface area contributed by atoms with Gasteiger partial charge in [-0.3, -0.25) is 9.88 Å². The van der Waals surface area contributed by atoms with Gasteiger partial charge in [-0.1, -0.05) is 31.5 Å². The van der Waals surface area contributed by atoms with E-state index in [0.717, 1.165) is 48.8 Å². The Bertz CT molecular complexity index is 1320. The van der Waals surface area contributed by atoms with E-state index >= 15 is 0 Å². The number of nitrogens with zero attached hydrogens (tertiary/aromatic N) is 2. The molecule has 3 aliphatic heterocycles. The van der Waals surface area contributed by atoms with Crippen LogP contribution in [0.15, 0.2) is 54.7 Å². The van der Waals surface area contributed by atoms with Gasteiger partial charge in [0.05, 0.1) is 22.7 Å². The first-order valence-corrected chi connectivity index (χ1v) is 13.3. The second-order valence-electron chi connectivity index (χ2n) is 10.3. The second-order valence-corrected chi connectivity index (χ2v) is 10.7. The minimum Gasteiger partial charge on any atom is -0.354 e. The average molecular weight is 567 g/mol. The van der Waals surface area contributed by atoms with Crippen molar-refractivity contribution in [2.45, 2.75) is 50.6 Å². The van der Waals surface area contributed by atoms with Crippen LogP contribution in [-0.4, -0.2) is 34.1 Å². The maximum Gasteiger partial charge on any atom is 0.416 e. The van der Waals surface area contributed by atoms with Gasteiger partial charge in [-0.25, -0.2) is 0 Å². The van der Waals surface area contributed by atoms with E-state index < -0.39 is 23.5 Å². The molecule has 3 fully saturated rings. The molecule has 3 aliphatic rings. The van der Waals surface area contributed by atoms with Crippen molar-refractivity contribution in [1.82, 2.24) is 15.2 Å². The lowest BCUT2D eigenvalue weighted by Crippen LogP contribution is -2.58. The van der Waals surface area contributed by atoms with Gasteiger partial charge in [-0.05, 0) is 79.3 Å². The summed E-state index contributed by atoms with van der Waals surface area (Å²) < 4.78 is 80.3. The molecular weight excluding hydrogens is 538 g/mol. The summed E-state index contributed by atoms with van der Waals surface area (Å²) in [7, 11) is 0. The summed E-state index contributed by atoms with van der Waals surface area (Å²) in [4.78, 5) is 6.88. The largest absolute Gasteiger partial charge is 0.416 e. The molecule has 6 rings (SSSR count). The molecule has 4 heterocycles. The number of alkyl halides is 6. The highest BCUT2D eigenvalue weighted by atomic mass is 32.1. The summed E-state index contributed by atoms with van der Waals surface area (Å²) in [5.74, 6) is 1.14. The van der Waals surface area contributed by atoms with Crippen molar-refractivity contribution in [2.75, 3.05) is 18.4 Å². The lowest BCUT2D eigenvalue weighted by Gasteiger charge is -2.52. The van der Waals surface area contributed by atoms with Gasteiger partial charge in [-0.2, -0.15) is 26.3 Å². The molecule has 2 bridgehead atoms. The van der Waals surface area contributed by atoms with E-state index in [1.165, 1.54) is 0 Å². The predicted molar refractivity (Wildman–Crippen MR) is 142 cm³/mol. The van der Waals surface area contributed by atoms with E-state index in [9.17, 15) is 26.3 Å². The number of hydrogen-bond donors (Lipinski definition) is 2. The molecule has 3 saturated heterocycles. The Morgan fingerprint density at radius 1 is 1.05 bits per heavy atom. The SMILES string of the molecule is CC[C@H]1CN2CC[C@H]1C[C@H]2[C@H](NC(=S)Nc1cc(C(F)(F)F)cc(C(F)(F)F)c1)c1ccnc2ccccc12. The van der Waals surface area contributed by atoms with Gasteiger partial charge >= 0.3 is 12.4 Å². The monoisotopic (exact) mass is 566 g/mol. The van der Waals surface area contributed by atoms with Gasteiger partial charge in [0.25, 0.3) is 0 Å². The number of aromatic nitrogens is 1. The lowest BCUT2D eigenvalue weighted by atomic mass is 9.72. The first-order chi connectivity index (χ1) is 18.4. The zero-order valence-corrected chi connectivity index (χ0v) is 21.9. The Labute approximate surface area is 227 Å². The van der Waals surface area contributed by atoms with E-state index in [2.05, 4.69) is 27.4 Å². The number of para-hydroxylation sites is 1. The zero-order valence-electron chi connectivity index (χ0n) is 21.1. The third kappa shape index (κ3) is 5.84. The Balaban J connectivity index is 1.48. The molecule has 0 saturated carbocycles. The van der Waals surface area contributed by atoms with Gasteiger partial charge in [0.2, 0.25) is 0 Å². The molecule has 39 heavy (non-hydrogen) atoms. The summed E-state index contributed by atoms with van der Waals surface area (Å²) in [6.07, 6.45) is -5.09. The molecule has 5 atom stereocenters. The van der Waals surface area contributed by atoms with Crippen LogP contribution in [0.2, 0.25) is 0 Å². The van der Waals surface area contributed by atoms with Gasteiger partial charge in [0.15, 0.2) is 5.11 Å². The molecule has 0 amide bonds. The molecule has 1 aromatic heterocycles. The van der Waals surface area contributed by atoms with Crippen LogP contribution in [0.1, 0.15) is 48.9 Å². The number of piperidine rings is 3. The number of fused-ring (bicyclic) bond motifs is 4. The molecule has 0 spiro atoms. The first-order valence-electron chi connectivity index (χ1n) is 12.9.